The average Bonchev–Trinajstić information content (AvgIpc) is 3.42. The molecular weight excluding hydrogens is 666 g/mol. The number of halogens is 1. The molecule has 2 aliphatic heterocycles. The van der Waals surface area contributed by atoms with Gasteiger partial charge in [-0.3, -0.25) is 9.59 Å². The van der Waals surface area contributed by atoms with Crippen LogP contribution >= 0.6 is 0 Å². The van der Waals surface area contributed by atoms with E-state index in [4.69, 9.17) is 4.74 Å². The van der Waals surface area contributed by atoms with Gasteiger partial charge in [-0.2, -0.15) is 9.84 Å². The van der Waals surface area contributed by atoms with E-state index in [-0.39, 0.29) is 30.0 Å². The zero-order valence-corrected chi connectivity index (χ0v) is 29.1. The Hall–Kier alpha value is -5.00. The molecule has 0 aliphatic carbocycles. The summed E-state index contributed by atoms with van der Waals surface area (Å²) in [5, 5.41) is 24.4. The standard InChI is InChI=1S/C40H37N3O4.BrH/c1-39(2)34(42(22-21-36(45)46)32-17-15-28-9-5-7-11-30(28)37(32)39)19-13-27(25-41)14-20-35-40(3,4)38-31-12-8-6-10-29(31)16-18-33(38)43(35)23-24-47-26-44;/h5-20,26H,21-24H2,1-4H3;1H. The van der Waals surface area contributed by atoms with Gasteiger partial charge in [-0.05, 0) is 71.3 Å². The molecule has 0 atom stereocenters. The van der Waals surface area contributed by atoms with Crippen molar-refractivity contribution in [3.63, 3.8) is 0 Å². The molecular formula is C40H38BrN3O4. The molecule has 244 valence electrons. The minimum absolute atomic E-state index is 0. The number of carbonyl (C=O) groups is 2. The summed E-state index contributed by atoms with van der Waals surface area (Å²) in [7, 11) is 0. The molecule has 0 radical (unpaired) electrons. The molecule has 0 bridgehead atoms. The molecule has 2 heterocycles. The first-order valence-corrected chi connectivity index (χ1v) is 15.8. The summed E-state index contributed by atoms with van der Waals surface area (Å²) in [5.41, 5.74) is 5.95. The average molecular weight is 705 g/mol. The van der Waals surface area contributed by atoms with Crippen LogP contribution in [0.15, 0.2) is 108 Å². The second-order valence-corrected chi connectivity index (χ2v) is 13.0. The Balaban J connectivity index is 0.00000451. The molecule has 7 nitrogen and oxygen atoms in total. The van der Waals surface area contributed by atoms with Gasteiger partial charge in [-0.1, -0.05) is 68.4 Å². The summed E-state index contributed by atoms with van der Waals surface area (Å²) in [6.45, 7) is 10.1. The van der Waals surface area contributed by atoms with Crippen molar-refractivity contribution in [1.29, 1.82) is 5.26 Å². The van der Waals surface area contributed by atoms with Gasteiger partial charge in [0.2, 0.25) is 5.69 Å². The van der Waals surface area contributed by atoms with Crippen LogP contribution in [0.3, 0.4) is 0 Å². The highest BCUT2D eigenvalue weighted by molar-refractivity contribution is 6.08. The number of carbonyl (C=O) groups excluding carboxylic acids is 1. The van der Waals surface area contributed by atoms with Gasteiger partial charge in [0.15, 0.2) is 12.3 Å². The number of nitriles is 1. The minimum atomic E-state index is -0.861. The van der Waals surface area contributed by atoms with Crippen LogP contribution in [-0.2, 0) is 25.2 Å². The van der Waals surface area contributed by atoms with Gasteiger partial charge in [0, 0.05) is 34.5 Å². The van der Waals surface area contributed by atoms with Gasteiger partial charge in [0.25, 0.3) is 6.47 Å². The molecule has 6 rings (SSSR count). The number of carboxylic acids is 1. The number of fused-ring (bicyclic) bond motifs is 6. The van der Waals surface area contributed by atoms with Crippen molar-refractivity contribution in [2.75, 3.05) is 24.6 Å². The highest BCUT2D eigenvalue weighted by atomic mass is 79.9. The maximum absolute atomic E-state index is 11.6. The summed E-state index contributed by atoms with van der Waals surface area (Å²) in [5.74, 6) is -0.861. The second kappa shape index (κ2) is 13.6. The maximum Gasteiger partial charge on any atom is 0.309 e. The number of allylic oxidation sites excluding steroid dienone is 6. The lowest BCUT2D eigenvalue weighted by Crippen LogP contribution is -3.00. The molecule has 1 N–H and O–H groups in total. The van der Waals surface area contributed by atoms with Crippen molar-refractivity contribution in [1.82, 2.24) is 0 Å². The molecule has 0 amide bonds. The van der Waals surface area contributed by atoms with Crippen molar-refractivity contribution >= 4 is 51.1 Å². The van der Waals surface area contributed by atoms with Gasteiger partial charge < -0.3 is 31.7 Å². The molecule has 0 spiro atoms. The highest BCUT2D eigenvalue weighted by Crippen LogP contribution is 2.50. The molecule has 0 saturated carbocycles. The van der Waals surface area contributed by atoms with E-state index in [9.17, 15) is 20.0 Å². The Morgan fingerprint density at radius 3 is 2.23 bits per heavy atom. The smallest absolute Gasteiger partial charge is 0.309 e. The number of benzene rings is 4. The number of anilines is 1. The normalized spacial score (nSPS) is 17.0. The Morgan fingerprint density at radius 1 is 0.938 bits per heavy atom. The van der Waals surface area contributed by atoms with Crippen molar-refractivity contribution in [2.45, 2.75) is 44.9 Å². The van der Waals surface area contributed by atoms with E-state index in [1.165, 1.54) is 5.56 Å². The number of hydrogen-bond donors (Lipinski definition) is 1. The third kappa shape index (κ3) is 5.95. The van der Waals surface area contributed by atoms with Gasteiger partial charge >= 0.3 is 5.97 Å². The number of nitrogens with zero attached hydrogens (tertiary/aromatic N) is 3. The van der Waals surface area contributed by atoms with Crippen molar-refractivity contribution in [3.8, 4) is 6.07 Å². The van der Waals surface area contributed by atoms with Crippen LogP contribution < -0.4 is 21.9 Å². The third-order valence-electron chi connectivity index (χ3n) is 9.53. The predicted octanol–water partition coefficient (Wildman–Crippen LogP) is 4.71. The largest absolute Gasteiger partial charge is 1.00 e. The van der Waals surface area contributed by atoms with E-state index < -0.39 is 16.8 Å². The number of carboxylic acid groups (broad SMARTS) is 1. The molecule has 2 aliphatic rings. The molecule has 8 heteroatoms. The number of aliphatic carboxylic acids is 1. The Morgan fingerprint density at radius 2 is 1.58 bits per heavy atom. The van der Waals surface area contributed by atoms with Crippen molar-refractivity contribution in [2.24, 2.45) is 0 Å². The van der Waals surface area contributed by atoms with Crippen LogP contribution in [0.1, 0.15) is 45.2 Å². The Labute approximate surface area is 291 Å². The van der Waals surface area contributed by atoms with Crippen LogP contribution in [0, 0.1) is 11.3 Å². The van der Waals surface area contributed by atoms with E-state index in [1.54, 1.807) is 0 Å². The first kappa shape index (κ1) is 34.3. The van der Waals surface area contributed by atoms with E-state index in [2.05, 4.69) is 91.8 Å². The molecule has 0 fully saturated rings. The zero-order valence-electron chi connectivity index (χ0n) is 27.5. The van der Waals surface area contributed by atoms with E-state index >= 15 is 0 Å². The molecule has 4 aromatic carbocycles. The van der Waals surface area contributed by atoms with E-state index in [0.717, 1.165) is 49.9 Å². The number of rotatable bonds is 10. The van der Waals surface area contributed by atoms with Crippen LogP contribution in [0.2, 0.25) is 0 Å². The number of hydrogen-bond acceptors (Lipinski definition) is 5. The lowest BCUT2D eigenvalue weighted by atomic mass is 9.79. The number of ether oxygens (including phenoxy) is 1. The van der Waals surface area contributed by atoms with Crippen LogP contribution in [-0.4, -0.2) is 47.5 Å². The first-order chi connectivity index (χ1) is 22.6. The van der Waals surface area contributed by atoms with Gasteiger partial charge in [0.1, 0.15) is 13.0 Å². The summed E-state index contributed by atoms with van der Waals surface area (Å²) in [6.07, 6.45) is 7.60. The van der Waals surface area contributed by atoms with Crippen molar-refractivity contribution < 1.29 is 41.0 Å². The lowest BCUT2D eigenvalue weighted by Gasteiger charge is -2.26. The predicted molar refractivity (Wildman–Crippen MR) is 186 cm³/mol. The molecule has 0 saturated heterocycles. The summed E-state index contributed by atoms with van der Waals surface area (Å²) < 4.78 is 7.18. The monoisotopic (exact) mass is 703 g/mol. The molecule has 0 unspecified atom stereocenters. The zero-order chi connectivity index (χ0) is 33.3. The highest BCUT2D eigenvalue weighted by Gasteiger charge is 2.45. The Bertz CT molecular complexity index is 2100. The molecule has 48 heavy (non-hydrogen) atoms. The fraction of sp³-hybridized carbons (Fsp3) is 0.250. The van der Waals surface area contributed by atoms with E-state index in [0.29, 0.717) is 25.1 Å². The van der Waals surface area contributed by atoms with Crippen LogP contribution in [0.4, 0.5) is 11.4 Å². The summed E-state index contributed by atoms with van der Waals surface area (Å²) >= 11 is 0. The van der Waals surface area contributed by atoms with Crippen molar-refractivity contribution in [3.05, 3.63) is 119 Å². The maximum atomic E-state index is 11.6. The quantitative estimate of drug-likeness (QED) is 0.0846. The molecule has 0 aromatic heterocycles. The van der Waals surface area contributed by atoms with Gasteiger partial charge in [-0.15, -0.1) is 0 Å². The van der Waals surface area contributed by atoms with Crippen LogP contribution in [0.25, 0.3) is 21.5 Å². The lowest BCUT2D eigenvalue weighted by molar-refractivity contribution is -0.436. The minimum Gasteiger partial charge on any atom is -1.00 e. The fourth-order valence-corrected chi connectivity index (χ4v) is 7.42. The first-order valence-electron chi connectivity index (χ1n) is 15.8. The van der Waals surface area contributed by atoms with Gasteiger partial charge in [-0.25, -0.2) is 0 Å². The third-order valence-corrected chi connectivity index (χ3v) is 9.53. The van der Waals surface area contributed by atoms with Gasteiger partial charge in [0.05, 0.1) is 23.6 Å². The van der Waals surface area contributed by atoms with Crippen LogP contribution in [0.5, 0.6) is 0 Å². The summed E-state index contributed by atoms with van der Waals surface area (Å²) in [6, 6.07) is 27.3. The Kier molecular flexibility index (Phi) is 9.74. The summed E-state index contributed by atoms with van der Waals surface area (Å²) in [4.78, 5) is 24.8. The SMILES string of the molecule is CC1(C)C(=CC=C(C#N)C=CC2=[N+](CCC(=O)O)c3ccc4ccccc4c3C2(C)C)N(CCOC=O)c2ccc3ccccc3c21.[Br-]. The second-order valence-electron chi connectivity index (χ2n) is 13.0. The molecule has 4 aromatic rings. The topological polar surface area (TPSA) is 93.6 Å². The fourth-order valence-electron chi connectivity index (χ4n) is 7.42. The van der Waals surface area contributed by atoms with E-state index in [1.807, 2.05) is 48.6 Å².